The zero-order chi connectivity index (χ0) is 11.5. The highest BCUT2D eigenvalue weighted by atomic mass is 79.9. The second-order valence-corrected chi connectivity index (χ2v) is 4.15. The van der Waals surface area contributed by atoms with Crippen LogP contribution in [0.15, 0.2) is 41.1 Å². The van der Waals surface area contributed by atoms with Crippen molar-refractivity contribution in [2.24, 2.45) is 0 Å². The van der Waals surface area contributed by atoms with Gasteiger partial charge >= 0.3 is 6.09 Å². The summed E-state index contributed by atoms with van der Waals surface area (Å²) in [4.78, 5) is 11.5. The minimum absolute atomic E-state index is 0. The first-order valence-electron chi connectivity index (χ1n) is 4.99. The fourth-order valence-electron chi connectivity index (χ4n) is 1.50. The summed E-state index contributed by atoms with van der Waals surface area (Å²) in [6.45, 7) is 2.17. The van der Waals surface area contributed by atoms with Gasteiger partial charge in [0.1, 0.15) is 0 Å². The summed E-state index contributed by atoms with van der Waals surface area (Å²) in [5, 5.41) is 2.06. The van der Waals surface area contributed by atoms with E-state index in [0.29, 0.717) is 6.61 Å². The number of nitrogens with zero attached hydrogens (tertiary/aromatic N) is 1. The molecule has 0 atom stereocenters. The molecule has 0 aliphatic rings. The summed E-state index contributed by atoms with van der Waals surface area (Å²) in [7, 11) is 0. The maximum Gasteiger partial charge on any atom is 0.601 e. The van der Waals surface area contributed by atoms with Gasteiger partial charge in [0, 0.05) is 21.3 Å². The normalized spacial score (nSPS) is 9.76. The maximum atomic E-state index is 11.5. The number of aromatic nitrogens is 1. The zero-order valence-corrected chi connectivity index (χ0v) is 11.5. The first-order chi connectivity index (χ1) is 7.72. The topological polar surface area (TPSA) is 30.2 Å². The van der Waals surface area contributed by atoms with Crippen molar-refractivity contribution < 1.29 is 26.5 Å². The number of ether oxygens (including phenoxy) is 1. The van der Waals surface area contributed by atoms with Crippen LogP contribution in [0.25, 0.3) is 10.8 Å². The lowest BCUT2D eigenvalue weighted by molar-refractivity contribution is -0.584. The second kappa shape index (κ2) is 5.98. The van der Waals surface area contributed by atoms with Crippen molar-refractivity contribution in [2.45, 2.75) is 6.92 Å². The molecule has 3 nitrogen and oxygen atoms in total. The molecule has 0 bridgehead atoms. The molecule has 1 aromatic heterocycles. The Balaban J connectivity index is 0.00000144. The number of hydrogen-bond donors (Lipinski definition) is 0. The van der Waals surface area contributed by atoms with Gasteiger partial charge in [-0.3, -0.25) is 0 Å². The van der Waals surface area contributed by atoms with Gasteiger partial charge in [0.2, 0.25) is 0 Å². The first-order valence-corrected chi connectivity index (χ1v) is 5.78. The predicted molar refractivity (Wildman–Crippen MR) is 64.3 cm³/mol. The molecule has 1 aromatic carbocycles. The van der Waals surface area contributed by atoms with Crippen molar-refractivity contribution in [3.8, 4) is 0 Å². The number of benzene rings is 1. The number of pyridine rings is 1. The molecule has 0 fully saturated rings. The van der Waals surface area contributed by atoms with Crippen molar-refractivity contribution in [3.05, 3.63) is 41.1 Å². The zero-order valence-electron chi connectivity index (χ0n) is 9.19. The molecular formula is C12H11BrClNO2. The Morgan fingerprint density at radius 2 is 2.18 bits per heavy atom. The molecule has 0 unspecified atom stereocenters. The number of carbonyl (C=O) groups excluding carboxylic acids is 1. The molecule has 0 aliphatic carbocycles. The molecule has 5 heteroatoms. The van der Waals surface area contributed by atoms with Gasteiger partial charge in [0.15, 0.2) is 12.4 Å². The third kappa shape index (κ3) is 2.96. The van der Waals surface area contributed by atoms with Crippen LogP contribution in [0.5, 0.6) is 0 Å². The van der Waals surface area contributed by atoms with Crippen LogP contribution in [0, 0.1) is 0 Å². The summed E-state index contributed by atoms with van der Waals surface area (Å²) < 4.78 is 7.38. The van der Waals surface area contributed by atoms with E-state index < -0.39 is 0 Å². The van der Waals surface area contributed by atoms with Gasteiger partial charge in [-0.2, -0.15) is 4.79 Å². The van der Waals surface area contributed by atoms with E-state index in [-0.39, 0.29) is 18.5 Å². The smallest absolute Gasteiger partial charge is 0.601 e. The van der Waals surface area contributed by atoms with E-state index in [1.54, 1.807) is 19.3 Å². The lowest BCUT2D eigenvalue weighted by Gasteiger charge is -1.99. The van der Waals surface area contributed by atoms with Crippen LogP contribution < -0.4 is 17.0 Å². The monoisotopic (exact) mass is 315 g/mol. The Morgan fingerprint density at radius 1 is 1.41 bits per heavy atom. The molecule has 17 heavy (non-hydrogen) atoms. The van der Waals surface area contributed by atoms with Gasteiger partial charge in [-0.15, -0.1) is 0 Å². The standard InChI is InChI=1S/C12H11BrNO2.ClH/c1-2-16-12(15)14-7-6-10-9(8-14)4-3-5-11(10)13;/h3-8H,2H2,1H3;1H/q+1;/p-1. The molecular weight excluding hydrogens is 305 g/mol. The van der Waals surface area contributed by atoms with E-state index in [1.807, 2.05) is 24.3 Å². The van der Waals surface area contributed by atoms with Crippen LogP contribution in [-0.2, 0) is 4.74 Å². The van der Waals surface area contributed by atoms with Crippen molar-refractivity contribution in [1.82, 2.24) is 0 Å². The first kappa shape index (κ1) is 13.9. The van der Waals surface area contributed by atoms with Crippen LogP contribution in [0.1, 0.15) is 6.92 Å². The number of rotatable bonds is 1. The lowest BCUT2D eigenvalue weighted by atomic mass is 10.2. The van der Waals surface area contributed by atoms with E-state index in [9.17, 15) is 4.79 Å². The Labute approximate surface area is 114 Å². The number of carbonyl (C=O) groups is 1. The van der Waals surface area contributed by atoms with Gasteiger partial charge < -0.3 is 17.1 Å². The summed E-state index contributed by atoms with van der Waals surface area (Å²) in [6.07, 6.45) is 3.10. The molecule has 2 rings (SSSR count). The second-order valence-electron chi connectivity index (χ2n) is 3.29. The maximum absolute atomic E-state index is 11.5. The minimum atomic E-state index is -0.357. The summed E-state index contributed by atoms with van der Waals surface area (Å²) in [6, 6.07) is 7.74. The highest BCUT2D eigenvalue weighted by Gasteiger charge is 2.15. The van der Waals surface area contributed by atoms with Crippen LogP contribution >= 0.6 is 15.9 Å². The number of halogens is 2. The third-order valence-electron chi connectivity index (χ3n) is 2.25. The number of fused-ring (bicyclic) bond motifs is 1. The highest BCUT2D eigenvalue weighted by molar-refractivity contribution is 9.10. The molecule has 0 spiro atoms. The van der Waals surface area contributed by atoms with Gasteiger partial charge in [-0.1, -0.05) is 26.6 Å². The molecule has 90 valence electrons. The lowest BCUT2D eigenvalue weighted by Crippen LogP contribution is -3.00. The Hall–Kier alpha value is -1.13. The molecule has 2 aromatic rings. The van der Waals surface area contributed by atoms with Crippen LogP contribution in [-0.4, -0.2) is 12.7 Å². The number of hydrogen-bond acceptors (Lipinski definition) is 2. The van der Waals surface area contributed by atoms with E-state index >= 15 is 0 Å². The average molecular weight is 317 g/mol. The van der Waals surface area contributed by atoms with E-state index in [4.69, 9.17) is 4.74 Å². The highest BCUT2D eigenvalue weighted by Crippen LogP contribution is 2.21. The van der Waals surface area contributed by atoms with E-state index in [0.717, 1.165) is 15.2 Å². The molecule has 0 aliphatic heterocycles. The average Bonchev–Trinajstić information content (AvgIpc) is 2.29. The largest absolute Gasteiger partial charge is 1.00 e. The van der Waals surface area contributed by atoms with Crippen LogP contribution in [0.4, 0.5) is 4.79 Å². The van der Waals surface area contributed by atoms with Crippen LogP contribution in [0.3, 0.4) is 0 Å². The Morgan fingerprint density at radius 3 is 2.88 bits per heavy atom. The van der Waals surface area contributed by atoms with E-state index in [1.165, 1.54) is 4.57 Å². The SMILES string of the molecule is CCOC(=O)[n+]1ccc2c(Br)cccc2c1.[Cl-]. The fourth-order valence-corrected chi connectivity index (χ4v) is 2.02. The fraction of sp³-hybridized carbons (Fsp3) is 0.167. The van der Waals surface area contributed by atoms with Gasteiger partial charge in [-0.05, 0) is 19.1 Å². The van der Waals surface area contributed by atoms with Gasteiger partial charge in [-0.25, -0.2) is 0 Å². The summed E-state index contributed by atoms with van der Waals surface area (Å²) in [5.41, 5.74) is 0. The van der Waals surface area contributed by atoms with Gasteiger partial charge in [0.05, 0.1) is 6.61 Å². The van der Waals surface area contributed by atoms with Crippen molar-refractivity contribution in [3.63, 3.8) is 0 Å². The van der Waals surface area contributed by atoms with E-state index in [2.05, 4.69) is 15.9 Å². The molecule has 1 heterocycles. The van der Waals surface area contributed by atoms with Gasteiger partial charge in [0.25, 0.3) is 0 Å². The molecule has 0 radical (unpaired) electrons. The molecule has 0 saturated heterocycles. The quantitative estimate of drug-likeness (QED) is 0.688. The minimum Gasteiger partial charge on any atom is -1.00 e. The van der Waals surface area contributed by atoms with Crippen LogP contribution in [0.2, 0.25) is 0 Å². The third-order valence-corrected chi connectivity index (χ3v) is 2.94. The predicted octanol–water partition coefficient (Wildman–Crippen LogP) is -0.102. The molecule has 0 amide bonds. The van der Waals surface area contributed by atoms with Crippen molar-refractivity contribution in [2.75, 3.05) is 6.61 Å². The Kier molecular flexibility index (Phi) is 4.90. The molecule has 0 saturated carbocycles. The molecule has 0 N–H and O–H groups in total. The Bertz CT molecular complexity index is 545. The summed E-state index contributed by atoms with van der Waals surface area (Å²) in [5.74, 6) is 0. The van der Waals surface area contributed by atoms with Crippen molar-refractivity contribution >= 4 is 32.8 Å². The van der Waals surface area contributed by atoms with Crippen molar-refractivity contribution in [1.29, 1.82) is 0 Å². The summed E-state index contributed by atoms with van der Waals surface area (Å²) >= 11 is 3.46.